The summed E-state index contributed by atoms with van der Waals surface area (Å²) in [6, 6.07) is 13.1. The number of nitrogens with zero attached hydrogens (tertiary/aromatic N) is 5. The largest absolute Gasteiger partial charge is 0.332 e. The predicted octanol–water partition coefficient (Wildman–Crippen LogP) is 3.55. The lowest BCUT2D eigenvalue weighted by Gasteiger charge is -2.12. The first-order valence-corrected chi connectivity index (χ1v) is 10.7. The van der Waals surface area contributed by atoms with Crippen LogP contribution in [0.2, 0.25) is 5.02 Å². The van der Waals surface area contributed by atoms with E-state index in [0.717, 1.165) is 10.1 Å². The van der Waals surface area contributed by atoms with Crippen molar-refractivity contribution in [1.82, 2.24) is 19.1 Å². The molecular formula is C21H16ClN5O4S. The first-order valence-electron chi connectivity index (χ1n) is 9.36. The molecule has 9 nitrogen and oxygen atoms in total. The molecule has 0 fully saturated rings. The van der Waals surface area contributed by atoms with Crippen LogP contribution in [0.3, 0.4) is 0 Å². The van der Waals surface area contributed by atoms with Crippen LogP contribution >= 0.6 is 23.4 Å². The third-order valence-corrected chi connectivity index (χ3v) is 6.19. The fraction of sp³-hybridized carbons (Fsp3) is 0.143. The third-order valence-electron chi connectivity index (χ3n) is 4.89. The lowest BCUT2D eigenvalue weighted by molar-refractivity contribution is -0.384. The molecule has 0 N–H and O–H groups in total. The fourth-order valence-corrected chi connectivity index (χ4v) is 4.22. The number of hydrogen-bond acceptors (Lipinski definition) is 7. The van der Waals surface area contributed by atoms with Crippen molar-refractivity contribution in [2.45, 2.75) is 10.8 Å². The Hall–Kier alpha value is -3.50. The van der Waals surface area contributed by atoms with E-state index in [-0.39, 0.29) is 22.5 Å². The molecule has 32 heavy (non-hydrogen) atoms. The van der Waals surface area contributed by atoms with Crippen LogP contribution in [0.4, 0.5) is 5.69 Å². The Morgan fingerprint density at radius 2 is 1.66 bits per heavy atom. The lowest BCUT2D eigenvalue weighted by Crippen LogP contribution is -2.37. The number of halogens is 1. The topological polar surface area (TPSA) is 113 Å². The molecule has 162 valence electrons. The summed E-state index contributed by atoms with van der Waals surface area (Å²) in [5.41, 5.74) is 0.637. The number of nitro groups is 1. The molecular weight excluding hydrogens is 454 g/mol. The van der Waals surface area contributed by atoms with Crippen LogP contribution in [0.1, 0.15) is 5.56 Å². The van der Waals surface area contributed by atoms with Gasteiger partial charge < -0.3 is 0 Å². The quantitative estimate of drug-likeness (QED) is 0.190. The Kier molecular flexibility index (Phi) is 5.81. The van der Waals surface area contributed by atoms with Crippen molar-refractivity contribution in [3.8, 4) is 11.4 Å². The zero-order chi connectivity index (χ0) is 23.0. The van der Waals surface area contributed by atoms with E-state index in [9.17, 15) is 19.7 Å². The minimum atomic E-state index is -0.510. The van der Waals surface area contributed by atoms with E-state index in [4.69, 9.17) is 11.6 Å². The third kappa shape index (κ3) is 4.02. The minimum absolute atomic E-state index is 0.0619. The Bertz CT molecular complexity index is 1460. The summed E-state index contributed by atoms with van der Waals surface area (Å²) in [7, 11) is 2.94. The number of benzene rings is 2. The van der Waals surface area contributed by atoms with Crippen molar-refractivity contribution in [2.75, 3.05) is 0 Å². The number of hydrogen-bond donors (Lipinski definition) is 0. The molecule has 0 saturated heterocycles. The average Bonchev–Trinajstić information content (AvgIpc) is 2.80. The summed E-state index contributed by atoms with van der Waals surface area (Å²) in [6.45, 7) is 0. The van der Waals surface area contributed by atoms with E-state index in [2.05, 4.69) is 9.97 Å². The summed E-state index contributed by atoms with van der Waals surface area (Å²) in [5, 5.41) is 12.2. The van der Waals surface area contributed by atoms with Gasteiger partial charge >= 0.3 is 5.69 Å². The molecule has 0 atom stereocenters. The second kappa shape index (κ2) is 8.56. The zero-order valence-electron chi connectivity index (χ0n) is 17.0. The van der Waals surface area contributed by atoms with Gasteiger partial charge in [0.2, 0.25) is 0 Å². The number of aryl methyl sites for hydroxylation is 1. The molecule has 4 rings (SSSR count). The summed E-state index contributed by atoms with van der Waals surface area (Å²) in [5.74, 6) is 0.767. The maximum absolute atomic E-state index is 12.9. The van der Waals surface area contributed by atoms with Crippen molar-refractivity contribution in [2.24, 2.45) is 14.1 Å². The maximum Gasteiger partial charge on any atom is 0.332 e. The highest BCUT2D eigenvalue weighted by molar-refractivity contribution is 7.98. The van der Waals surface area contributed by atoms with E-state index in [1.165, 1.54) is 54.7 Å². The summed E-state index contributed by atoms with van der Waals surface area (Å²) < 4.78 is 2.31. The molecule has 0 spiro atoms. The van der Waals surface area contributed by atoms with Gasteiger partial charge in [0.1, 0.15) is 10.4 Å². The molecule has 2 aromatic carbocycles. The number of aromatic nitrogens is 4. The van der Waals surface area contributed by atoms with Crippen LogP contribution in [0.5, 0.6) is 0 Å². The zero-order valence-corrected chi connectivity index (χ0v) is 18.6. The highest BCUT2D eigenvalue weighted by Crippen LogP contribution is 2.29. The van der Waals surface area contributed by atoms with Crippen LogP contribution in [-0.2, 0) is 19.8 Å². The molecule has 2 aromatic heterocycles. The molecule has 11 heteroatoms. The van der Waals surface area contributed by atoms with Gasteiger partial charge in [-0.15, -0.1) is 11.8 Å². The molecule has 0 radical (unpaired) electrons. The smallest absolute Gasteiger partial charge is 0.280 e. The molecule has 0 aliphatic carbocycles. The Labute approximate surface area is 190 Å². The van der Waals surface area contributed by atoms with Crippen LogP contribution in [-0.4, -0.2) is 24.0 Å². The lowest BCUT2D eigenvalue weighted by atomic mass is 10.2. The molecule has 0 unspecified atom stereocenters. The van der Waals surface area contributed by atoms with Gasteiger partial charge in [-0.2, -0.15) is 0 Å². The average molecular weight is 470 g/mol. The number of fused-ring (bicyclic) bond motifs is 1. The number of thioether (sulfide) groups is 1. The van der Waals surface area contributed by atoms with Crippen molar-refractivity contribution >= 4 is 40.1 Å². The normalized spacial score (nSPS) is 11.1. The van der Waals surface area contributed by atoms with Gasteiger partial charge in [-0.1, -0.05) is 23.7 Å². The summed E-state index contributed by atoms with van der Waals surface area (Å²) in [4.78, 5) is 44.9. The molecule has 2 heterocycles. The van der Waals surface area contributed by atoms with Gasteiger partial charge in [0.05, 0.1) is 4.92 Å². The molecule has 0 saturated carbocycles. The number of rotatable bonds is 5. The highest BCUT2D eigenvalue weighted by atomic mass is 35.5. The molecule has 0 aliphatic heterocycles. The second-order valence-electron chi connectivity index (χ2n) is 6.98. The minimum Gasteiger partial charge on any atom is -0.280 e. The van der Waals surface area contributed by atoms with Gasteiger partial charge in [-0.05, 0) is 29.8 Å². The highest BCUT2D eigenvalue weighted by Gasteiger charge is 2.18. The molecule has 4 aromatic rings. The molecule has 0 bridgehead atoms. The maximum atomic E-state index is 12.9. The van der Waals surface area contributed by atoms with E-state index >= 15 is 0 Å². The van der Waals surface area contributed by atoms with Crippen LogP contribution < -0.4 is 11.2 Å². The van der Waals surface area contributed by atoms with Crippen molar-refractivity contribution < 1.29 is 4.92 Å². The van der Waals surface area contributed by atoms with Gasteiger partial charge in [-0.25, -0.2) is 14.8 Å². The van der Waals surface area contributed by atoms with Crippen LogP contribution in [0, 0.1) is 10.1 Å². The first kappa shape index (κ1) is 21.7. The number of non-ortho nitro benzene ring substituents is 1. The second-order valence-corrected chi connectivity index (χ2v) is 8.38. The van der Waals surface area contributed by atoms with Gasteiger partial charge in [0.25, 0.3) is 11.2 Å². The summed E-state index contributed by atoms with van der Waals surface area (Å²) in [6.07, 6.45) is 0. The van der Waals surface area contributed by atoms with E-state index < -0.39 is 16.2 Å². The van der Waals surface area contributed by atoms with Crippen molar-refractivity contribution in [3.63, 3.8) is 0 Å². The first-order chi connectivity index (χ1) is 15.3. The number of nitro benzene ring substituents is 1. The van der Waals surface area contributed by atoms with Gasteiger partial charge in [0.15, 0.2) is 11.5 Å². The Balaban J connectivity index is 1.88. The summed E-state index contributed by atoms with van der Waals surface area (Å²) >= 11 is 7.28. The fourth-order valence-electron chi connectivity index (χ4n) is 3.13. The predicted molar refractivity (Wildman–Crippen MR) is 123 cm³/mol. The Morgan fingerprint density at radius 3 is 2.28 bits per heavy atom. The SMILES string of the molecule is Cn1c(=O)c2c(SCc3ccc(Cl)cc3)nc(-c3ccc([N+](=O)[O-])cc3)nc2n(C)c1=O. The molecule has 0 aliphatic rings. The van der Waals surface area contributed by atoms with E-state index in [1.807, 2.05) is 12.1 Å². The van der Waals surface area contributed by atoms with Crippen molar-refractivity contribution in [3.05, 3.63) is 90.1 Å². The molecule has 0 amide bonds. The Morgan fingerprint density at radius 1 is 1.00 bits per heavy atom. The van der Waals surface area contributed by atoms with Crippen LogP contribution in [0.15, 0.2) is 63.1 Å². The van der Waals surface area contributed by atoms with E-state index in [1.54, 1.807) is 12.1 Å². The van der Waals surface area contributed by atoms with E-state index in [0.29, 0.717) is 21.4 Å². The standard InChI is InChI=1S/C21H16ClN5O4S/c1-25-18-16(20(28)26(2)21(25)29)19(32-11-12-3-7-14(22)8-4-12)24-17(23-18)13-5-9-15(10-6-13)27(30)31/h3-10H,11H2,1-2H3. The van der Waals surface area contributed by atoms with Gasteiger partial charge in [-0.3, -0.25) is 24.0 Å². The van der Waals surface area contributed by atoms with Crippen LogP contribution in [0.25, 0.3) is 22.4 Å². The monoisotopic (exact) mass is 469 g/mol. The van der Waals surface area contributed by atoms with Gasteiger partial charge in [0, 0.05) is 42.6 Å². The van der Waals surface area contributed by atoms with Crippen molar-refractivity contribution in [1.29, 1.82) is 0 Å².